The molecule has 0 bridgehead atoms. The minimum Gasteiger partial charge on any atom is -0.356 e. The van der Waals surface area contributed by atoms with Gasteiger partial charge in [-0.2, -0.15) is 0 Å². The molecule has 136 valence electrons. The van der Waals surface area contributed by atoms with E-state index in [2.05, 4.69) is 64.7 Å². The van der Waals surface area contributed by atoms with Crippen molar-refractivity contribution in [1.29, 1.82) is 0 Å². The summed E-state index contributed by atoms with van der Waals surface area (Å²) in [5, 5.41) is 6.90. The fourth-order valence-corrected chi connectivity index (χ4v) is 3.03. The lowest BCUT2D eigenvalue weighted by molar-refractivity contribution is 0.232. The predicted octanol–water partition coefficient (Wildman–Crippen LogP) is 3.23. The van der Waals surface area contributed by atoms with Crippen molar-refractivity contribution in [3.8, 4) is 0 Å². The highest BCUT2D eigenvalue weighted by molar-refractivity contribution is 14.0. The number of hydrogen-bond donors (Lipinski definition) is 2. The van der Waals surface area contributed by atoms with E-state index in [1.807, 2.05) is 7.05 Å². The summed E-state index contributed by atoms with van der Waals surface area (Å²) in [6, 6.07) is 10.6. The van der Waals surface area contributed by atoms with E-state index in [9.17, 15) is 0 Å². The summed E-state index contributed by atoms with van der Waals surface area (Å²) in [7, 11) is 1.84. The van der Waals surface area contributed by atoms with Crippen LogP contribution in [0, 0.1) is 0 Å². The third-order valence-corrected chi connectivity index (χ3v) is 4.65. The molecule has 0 spiro atoms. The zero-order valence-corrected chi connectivity index (χ0v) is 17.7. The molecule has 0 aromatic heterocycles. The Bertz CT molecular complexity index is 481. The first-order valence-electron chi connectivity index (χ1n) is 8.84. The maximum Gasteiger partial charge on any atom is 0.191 e. The highest BCUT2D eigenvalue weighted by Crippen LogP contribution is 2.21. The molecule has 2 rings (SSSR count). The fourth-order valence-electron chi connectivity index (χ4n) is 3.03. The van der Waals surface area contributed by atoms with Crippen LogP contribution in [0.5, 0.6) is 0 Å². The summed E-state index contributed by atoms with van der Waals surface area (Å²) in [4.78, 5) is 6.88. The van der Waals surface area contributed by atoms with Gasteiger partial charge in [0, 0.05) is 32.1 Å². The van der Waals surface area contributed by atoms with Gasteiger partial charge in [0.1, 0.15) is 0 Å². The van der Waals surface area contributed by atoms with Gasteiger partial charge >= 0.3 is 0 Å². The number of likely N-dealkylation sites (tertiary alicyclic amines) is 1. The van der Waals surface area contributed by atoms with Gasteiger partial charge in [0.15, 0.2) is 5.96 Å². The van der Waals surface area contributed by atoms with E-state index in [1.165, 1.54) is 37.9 Å². The molecule has 1 aromatic rings. The normalized spacial score (nSPS) is 16.4. The van der Waals surface area contributed by atoms with Crippen molar-refractivity contribution >= 4 is 29.9 Å². The van der Waals surface area contributed by atoms with Crippen LogP contribution in [0.1, 0.15) is 38.7 Å². The summed E-state index contributed by atoms with van der Waals surface area (Å²) in [5.74, 6) is 0.894. The first kappa shape index (κ1) is 21.2. The lowest BCUT2D eigenvalue weighted by Crippen LogP contribution is -2.46. The van der Waals surface area contributed by atoms with Crippen molar-refractivity contribution in [2.75, 3.05) is 39.8 Å². The zero-order valence-electron chi connectivity index (χ0n) is 15.3. The Hall–Kier alpha value is -0.820. The zero-order chi connectivity index (χ0) is 16.5. The Morgan fingerprint density at radius 1 is 1.08 bits per heavy atom. The Balaban J connectivity index is 0.00000288. The molecule has 1 fully saturated rings. The number of aliphatic imine (C=N–C) groups is 1. The number of hydrogen-bond acceptors (Lipinski definition) is 2. The number of halogens is 1. The Kier molecular flexibility index (Phi) is 9.66. The average Bonchev–Trinajstić information content (AvgIpc) is 2.59. The van der Waals surface area contributed by atoms with Crippen molar-refractivity contribution < 1.29 is 0 Å². The van der Waals surface area contributed by atoms with Crippen LogP contribution in [-0.4, -0.2) is 50.6 Å². The third-order valence-electron chi connectivity index (χ3n) is 4.65. The SMILES string of the molecule is CN=C(NCCN1CCCCC1)NCC(C)(C)c1ccccc1.I. The number of piperidine rings is 1. The highest BCUT2D eigenvalue weighted by Gasteiger charge is 2.20. The van der Waals surface area contributed by atoms with E-state index in [1.54, 1.807) is 0 Å². The van der Waals surface area contributed by atoms with Gasteiger partial charge in [-0.25, -0.2) is 0 Å². The Labute approximate surface area is 164 Å². The van der Waals surface area contributed by atoms with E-state index in [4.69, 9.17) is 0 Å². The number of nitrogens with zero attached hydrogens (tertiary/aromatic N) is 2. The molecule has 2 N–H and O–H groups in total. The van der Waals surface area contributed by atoms with Crippen LogP contribution < -0.4 is 10.6 Å². The summed E-state index contributed by atoms with van der Waals surface area (Å²) in [6.07, 6.45) is 4.08. The number of nitrogens with one attached hydrogen (secondary N) is 2. The summed E-state index contributed by atoms with van der Waals surface area (Å²) in [5.41, 5.74) is 1.42. The smallest absolute Gasteiger partial charge is 0.191 e. The fraction of sp³-hybridized carbons (Fsp3) is 0.632. The van der Waals surface area contributed by atoms with Crippen LogP contribution in [0.15, 0.2) is 35.3 Å². The van der Waals surface area contributed by atoms with E-state index >= 15 is 0 Å². The second kappa shape index (κ2) is 10.9. The number of rotatable bonds is 6. The van der Waals surface area contributed by atoms with Gasteiger partial charge in [-0.1, -0.05) is 50.6 Å². The van der Waals surface area contributed by atoms with E-state index in [0.29, 0.717) is 0 Å². The highest BCUT2D eigenvalue weighted by atomic mass is 127. The molecule has 0 aliphatic carbocycles. The molecular formula is C19H33IN4. The molecule has 4 nitrogen and oxygen atoms in total. The molecule has 1 aliphatic heterocycles. The average molecular weight is 444 g/mol. The van der Waals surface area contributed by atoms with Crippen molar-refractivity contribution in [1.82, 2.24) is 15.5 Å². The van der Waals surface area contributed by atoms with Crippen molar-refractivity contribution in [3.05, 3.63) is 35.9 Å². The minimum absolute atomic E-state index is 0. The summed E-state index contributed by atoms with van der Waals surface area (Å²) >= 11 is 0. The lowest BCUT2D eigenvalue weighted by Gasteiger charge is -2.28. The van der Waals surface area contributed by atoms with Gasteiger partial charge < -0.3 is 15.5 Å². The van der Waals surface area contributed by atoms with Gasteiger partial charge in [0.05, 0.1) is 0 Å². The molecule has 0 atom stereocenters. The molecule has 1 saturated heterocycles. The topological polar surface area (TPSA) is 39.7 Å². The van der Waals surface area contributed by atoms with Gasteiger partial charge in [0.2, 0.25) is 0 Å². The van der Waals surface area contributed by atoms with Crippen LogP contribution in [0.25, 0.3) is 0 Å². The monoisotopic (exact) mass is 444 g/mol. The second-order valence-electron chi connectivity index (χ2n) is 7.00. The molecule has 0 amide bonds. The standard InChI is InChI=1S/C19H32N4.HI/c1-19(2,17-10-6-4-7-11-17)16-22-18(20-3)21-12-15-23-13-8-5-9-14-23;/h4,6-7,10-11H,5,8-9,12-16H2,1-3H3,(H2,20,21,22);1H. The minimum atomic E-state index is 0. The number of benzene rings is 1. The van der Waals surface area contributed by atoms with Gasteiger partial charge in [-0.3, -0.25) is 4.99 Å². The van der Waals surface area contributed by atoms with Crippen LogP contribution in [-0.2, 0) is 5.41 Å². The molecule has 1 aromatic carbocycles. The van der Waals surface area contributed by atoms with Crippen LogP contribution in [0.2, 0.25) is 0 Å². The van der Waals surface area contributed by atoms with Gasteiger partial charge in [-0.05, 0) is 31.5 Å². The molecule has 0 unspecified atom stereocenters. The van der Waals surface area contributed by atoms with Crippen LogP contribution in [0.3, 0.4) is 0 Å². The van der Waals surface area contributed by atoms with Crippen molar-refractivity contribution in [2.24, 2.45) is 4.99 Å². The van der Waals surface area contributed by atoms with Crippen molar-refractivity contribution in [2.45, 2.75) is 38.5 Å². The quantitative estimate of drug-likeness (QED) is 0.402. The third kappa shape index (κ3) is 6.97. The molecule has 0 radical (unpaired) electrons. The number of guanidine groups is 1. The molecule has 24 heavy (non-hydrogen) atoms. The first-order chi connectivity index (χ1) is 11.1. The Morgan fingerprint density at radius 2 is 1.75 bits per heavy atom. The molecular weight excluding hydrogens is 411 g/mol. The van der Waals surface area contributed by atoms with Crippen molar-refractivity contribution in [3.63, 3.8) is 0 Å². The van der Waals surface area contributed by atoms with Crippen LogP contribution >= 0.6 is 24.0 Å². The van der Waals surface area contributed by atoms with Gasteiger partial charge in [-0.15, -0.1) is 24.0 Å². The summed E-state index contributed by atoms with van der Waals surface area (Å²) in [6.45, 7) is 9.92. The maximum atomic E-state index is 4.34. The molecule has 5 heteroatoms. The van der Waals surface area contributed by atoms with Gasteiger partial charge in [0.25, 0.3) is 0 Å². The van der Waals surface area contributed by atoms with E-state index < -0.39 is 0 Å². The lowest BCUT2D eigenvalue weighted by atomic mass is 9.85. The Morgan fingerprint density at radius 3 is 2.38 bits per heavy atom. The maximum absolute atomic E-state index is 4.34. The predicted molar refractivity (Wildman–Crippen MR) is 115 cm³/mol. The molecule has 1 heterocycles. The van der Waals surface area contributed by atoms with E-state index in [-0.39, 0.29) is 29.4 Å². The largest absolute Gasteiger partial charge is 0.356 e. The van der Waals surface area contributed by atoms with E-state index in [0.717, 1.165) is 25.6 Å². The second-order valence-corrected chi connectivity index (χ2v) is 7.00. The summed E-state index contributed by atoms with van der Waals surface area (Å²) < 4.78 is 0. The molecule has 1 aliphatic rings. The van der Waals surface area contributed by atoms with Crippen LogP contribution in [0.4, 0.5) is 0 Å². The first-order valence-corrected chi connectivity index (χ1v) is 8.84. The molecule has 0 saturated carbocycles.